The molecule has 1 aliphatic heterocycles. The van der Waals surface area contributed by atoms with Gasteiger partial charge in [-0.3, -0.25) is 4.79 Å². The van der Waals surface area contributed by atoms with Gasteiger partial charge in [-0.2, -0.15) is 0 Å². The van der Waals surface area contributed by atoms with E-state index in [4.69, 9.17) is 4.74 Å². The van der Waals surface area contributed by atoms with Gasteiger partial charge in [-0.05, 0) is 19.3 Å². The molecule has 0 unspecified atom stereocenters. The number of carbonyl (C=O) groups excluding carboxylic acids is 1. The lowest BCUT2D eigenvalue weighted by Crippen LogP contribution is -2.36. The molecule has 0 atom stereocenters. The topological polar surface area (TPSA) is 42.4 Å². The molecule has 0 aliphatic carbocycles. The van der Waals surface area contributed by atoms with Gasteiger partial charge in [0.1, 0.15) is 0 Å². The molecule has 1 saturated heterocycles. The number of hydrogen-bond donors (Lipinski definition) is 0. The summed E-state index contributed by atoms with van der Waals surface area (Å²) in [4.78, 5) is 18.4. The molecule has 0 N–H and O–H groups in total. The molecule has 4 nitrogen and oxygen atoms in total. The molecule has 5 heteroatoms. The van der Waals surface area contributed by atoms with Crippen molar-refractivity contribution in [3.63, 3.8) is 0 Å². The molecule has 94 valence electrons. The number of nitrogens with zero attached hydrogens (tertiary/aromatic N) is 2. The van der Waals surface area contributed by atoms with E-state index in [9.17, 15) is 4.79 Å². The average molecular weight is 254 g/mol. The van der Waals surface area contributed by atoms with E-state index in [1.54, 1.807) is 0 Å². The summed E-state index contributed by atoms with van der Waals surface area (Å²) in [7, 11) is 2.06. The molecule has 1 aromatic heterocycles. The van der Waals surface area contributed by atoms with Gasteiger partial charge in [0.15, 0.2) is 11.4 Å². The van der Waals surface area contributed by atoms with Crippen molar-refractivity contribution in [3.8, 4) is 0 Å². The molecule has 0 aromatic carbocycles. The maximum Gasteiger partial charge on any atom is 0.186 e. The predicted octanol–water partition coefficient (Wildman–Crippen LogP) is 2.13. The number of carbonyl (C=O) groups is 1. The second-order valence-corrected chi connectivity index (χ2v) is 5.24. The highest BCUT2D eigenvalue weighted by molar-refractivity contribution is 7.17. The normalized spacial score (nSPS) is 17.1. The first-order chi connectivity index (χ1) is 8.26. The summed E-state index contributed by atoms with van der Waals surface area (Å²) in [6.45, 7) is 3.67. The lowest BCUT2D eigenvalue weighted by atomic mass is 10.1. The second kappa shape index (κ2) is 5.60. The standard InChI is InChI=1S/C12H18N2O2S/c1-3-10-11(8-15)17-12(13-10)14(2)9-4-6-16-7-5-9/h8-9H,3-7H2,1-2H3. The minimum absolute atomic E-state index is 0.485. The Morgan fingerprint density at radius 1 is 1.53 bits per heavy atom. The number of aromatic nitrogens is 1. The van der Waals surface area contributed by atoms with Gasteiger partial charge in [0.05, 0.1) is 10.6 Å². The van der Waals surface area contributed by atoms with E-state index in [1.807, 2.05) is 6.92 Å². The minimum atomic E-state index is 0.485. The maximum absolute atomic E-state index is 10.9. The Balaban J connectivity index is 2.14. The number of hydrogen-bond acceptors (Lipinski definition) is 5. The van der Waals surface area contributed by atoms with E-state index < -0.39 is 0 Å². The Labute approximate surface area is 106 Å². The molecule has 0 amide bonds. The Bertz CT molecular complexity index is 386. The molecule has 2 rings (SSSR count). The highest BCUT2D eigenvalue weighted by atomic mass is 32.1. The third kappa shape index (κ3) is 2.66. The van der Waals surface area contributed by atoms with Crippen LogP contribution in [0.5, 0.6) is 0 Å². The molecular weight excluding hydrogens is 236 g/mol. The number of ether oxygens (including phenoxy) is 1. The van der Waals surface area contributed by atoms with E-state index in [0.717, 1.165) is 54.5 Å². The first-order valence-corrected chi connectivity index (χ1v) is 6.83. The monoisotopic (exact) mass is 254 g/mol. The zero-order chi connectivity index (χ0) is 12.3. The van der Waals surface area contributed by atoms with Gasteiger partial charge < -0.3 is 9.64 Å². The van der Waals surface area contributed by atoms with Crippen LogP contribution >= 0.6 is 11.3 Å². The van der Waals surface area contributed by atoms with Crippen LogP contribution < -0.4 is 4.90 Å². The fourth-order valence-electron chi connectivity index (χ4n) is 2.08. The van der Waals surface area contributed by atoms with Crippen molar-refractivity contribution >= 4 is 22.8 Å². The van der Waals surface area contributed by atoms with Crippen LogP contribution in [0, 0.1) is 0 Å². The van der Waals surface area contributed by atoms with Gasteiger partial charge in [0, 0.05) is 26.3 Å². The second-order valence-electron chi connectivity index (χ2n) is 4.23. The molecule has 17 heavy (non-hydrogen) atoms. The van der Waals surface area contributed by atoms with E-state index >= 15 is 0 Å². The van der Waals surface area contributed by atoms with Crippen LogP contribution in [0.3, 0.4) is 0 Å². The van der Waals surface area contributed by atoms with Crippen LogP contribution in [0.15, 0.2) is 0 Å². The fourth-order valence-corrected chi connectivity index (χ4v) is 3.08. The van der Waals surface area contributed by atoms with Gasteiger partial charge in [-0.25, -0.2) is 4.98 Å². The van der Waals surface area contributed by atoms with Gasteiger partial charge in [-0.15, -0.1) is 0 Å². The van der Waals surface area contributed by atoms with Gasteiger partial charge in [-0.1, -0.05) is 18.3 Å². The highest BCUT2D eigenvalue weighted by Gasteiger charge is 2.22. The lowest BCUT2D eigenvalue weighted by molar-refractivity contribution is 0.0855. The summed E-state index contributed by atoms with van der Waals surface area (Å²) in [6, 6.07) is 0.485. The largest absolute Gasteiger partial charge is 0.381 e. The minimum Gasteiger partial charge on any atom is -0.381 e. The number of thiazole rings is 1. The molecule has 0 spiro atoms. The molecule has 0 saturated carbocycles. The molecule has 0 bridgehead atoms. The first kappa shape index (κ1) is 12.5. The van der Waals surface area contributed by atoms with Crippen molar-refractivity contribution in [1.82, 2.24) is 4.98 Å². The zero-order valence-electron chi connectivity index (χ0n) is 10.3. The number of aldehydes is 1. The summed E-state index contributed by atoms with van der Waals surface area (Å²) in [5.41, 5.74) is 0.916. The average Bonchev–Trinajstić information content (AvgIpc) is 2.82. The van der Waals surface area contributed by atoms with E-state index in [-0.39, 0.29) is 0 Å². The molecule has 1 aromatic rings. The maximum atomic E-state index is 10.9. The fraction of sp³-hybridized carbons (Fsp3) is 0.667. The van der Waals surface area contributed by atoms with Crippen molar-refractivity contribution in [2.24, 2.45) is 0 Å². The number of anilines is 1. The van der Waals surface area contributed by atoms with Crippen LogP contribution in [0.1, 0.15) is 35.1 Å². The Morgan fingerprint density at radius 3 is 2.76 bits per heavy atom. The van der Waals surface area contributed by atoms with E-state index in [1.165, 1.54) is 11.3 Å². The smallest absolute Gasteiger partial charge is 0.186 e. The van der Waals surface area contributed by atoms with E-state index in [2.05, 4.69) is 16.9 Å². The van der Waals surface area contributed by atoms with Crippen LogP contribution in [0.25, 0.3) is 0 Å². The molecule has 2 heterocycles. The lowest BCUT2D eigenvalue weighted by Gasteiger charge is -2.30. The van der Waals surface area contributed by atoms with Crippen molar-refractivity contribution < 1.29 is 9.53 Å². The Hall–Kier alpha value is -0.940. The summed E-state index contributed by atoms with van der Waals surface area (Å²) in [5, 5.41) is 0.954. The summed E-state index contributed by atoms with van der Waals surface area (Å²) in [5.74, 6) is 0. The van der Waals surface area contributed by atoms with Crippen molar-refractivity contribution in [1.29, 1.82) is 0 Å². The predicted molar refractivity (Wildman–Crippen MR) is 69.1 cm³/mol. The van der Waals surface area contributed by atoms with Gasteiger partial charge in [0.2, 0.25) is 0 Å². The van der Waals surface area contributed by atoms with Crippen LogP contribution in [-0.4, -0.2) is 37.6 Å². The van der Waals surface area contributed by atoms with Crippen LogP contribution in [-0.2, 0) is 11.2 Å². The van der Waals surface area contributed by atoms with Crippen molar-refractivity contribution in [3.05, 3.63) is 10.6 Å². The Morgan fingerprint density at radius 2 is 2.24 bits per heavy atom. The Kier molecular flexibility index (Phi) is 4.12. The van der Waals surface area contributed by atoms with Gasteiger partial charge >= 0.3 is 0 Å². The van der Waals surface area contributed by atoms with Crippen LogP contribution in [0.4, 0.5) is 5.13 Å². The quantitative estimate of drug-likeness (QED) is 0.772. The number of rotatable bonds is 4. The SMILES string of the molecule is CCc1nc(N(C)C2CCOCC2)sc1C=O. The first-order valence-electron chi connectivity index (χ1n) is 6.01. The number of aryl methyl sites for hydroxylation is 1. The molecular formula is C12H18N2O2S. The molecule has 1 fully saturated rings. The van der Waals surface area contributed by atoms with Crippen molar-refractivity contribution in [2.45, 2.75) is 32.2 Å². The highest BCUT2D eigenvalue weighted by Crippen LogP contribution is 2.28. The summed E-state index contributed by atoms with van der Waals surface area (Å²) in [6.07, 6.45) is 3.80. The summed E-state index contributed by atoms with van der Waals surface area (Å²) >= 11 is 1.49. The zero-order valence-corrected chi connectivity index (χ0v) is 11.1. The summed E-state index contributed by atoms with van der Waals surface area (Å²) < 4.78 is 5.36. The molecule has 0 radical (unpaired) electrons. The van der Waals surface area contributed by atoms with Crippen molar-refractivity contribution in [2.75, 3.05) is 25.2 Å². The van der Waals surface area contributed by atoms with Crippen LogP contribution in [0.2, 0.25) is 0 Å². The third-order valence-corrected chi connectivity index (χ3v) is 4.31. The third-order valence-electron chi connectivity index (χ3n) is 3.20. The molecule has 1 aliphatic rings. The van der Waals surface area contributed by atoms with E-state index in [0.29, 0.717) is 6.04 Å². The van der Waals surface area contributed by atoms with Gasteiger partial charge in [0.25, 0.3) is 0 Å².